The number of benzene rings is 1. The van der Waals surface area contributed by atoms with Gasteiger partial charge in [0, 0.05) is 25.7 Å². The number of H-pyrrole nitrogens is 1. The van der Waals surface area contributed by atoms with E-state index in [1.165, 1.54) is 11.3 Å². The number of rotatable bonds is 4. The van der Waals surface area contributed by atoms with Gasteiger partial charge in [0.05, 0.1) is 22.4 Å². The third-order valence-electron chi connectivity index (χ3n) is 5.77. The van der Waals surface area contributed by atoms with Crippen molar-refractivity contribution in [3.63, 3.8) is 0 Å². The first-order valence-corrected chi connectivity index (χ1v) is 12.3. The Bertz CT molecular complexity index is 1130. The number of carboxylic acid groups (broad SMARTS) is 1. The largest absolute Gasteiger partial charge is 0.483 e. The summed E-state index contributed by atoms with van der Waals surface area (Å²) in [5.74, 6) is 1.20. The fraction of sp³-hybridized carbons (Fsp3) is 0.478. The van der Waals surface area contributed by atoms with Gasteiger partial charge in [-0.25, -0.2) is 4.98 Å². The molecule has 2 aliphatic rings. The Balaban J connectivity index is 0.000000868. The number of piperidine rings is 1. The molecule has 3 aromatic rings. The summed E-state index contributed by atoms with van der Waals surface area (Å²) in [6.45, 7) is 7.11. The summed E-state index contributed by atoms with van der Waals surface area (Å²) < 4.78 is 6.91. The third-order valence-corrected chi connectivity index (χ3v) is 6.83. The minimum Gasteiger partial charge on any atom is -0.483 e. The van der Waals surface area contributed by atoms with Crippen LogP contribution >= 0.6 is 11.3 Å². The lowest BCUT2D eigenvalue weighted by atomic mass is 10.1. The van der Waals surface area contributed by atoms with E-state index in [1.54, 1.807) is 0 Å². The smallest absolute Gasteiger partial charge is 0.290 e. The van der Waals surface area contributed by atoms with Crippen molar-refractivity contribution in [2.24, 2.45) is 0 Å². The maximum atomic E-state index is 13.3. The van der Waals surface area contributed by atoms with Crippen molar-refractivity contribution in [1.82, 2.24) is 20.3 Å². The first-order valence-electron chi connectivity index (χ1n) is 11.4. The van der Waals surface area contributed by atoms with E-state index in [9.17, 15) is 4.79 Å². The van der Waals surface area contributed by atoms with Gasteiger partial charge in [0.15, 0.2) is 0 Å². The van der Waals surface area contributed by atoms with E-state index in [4.69, 9.17) is 24.6 Å². The normalized spacial score (nSPS) is 22.6. The Morgan fingerprint density at radius 2 is 1.97 bits per heavy atom. The number of para-hydroxylation sites is 1. The minimum absolute atomic E-state index is 0.0805. The Hall–Kier alpha value is -3.02. The maximum Gasteiger partial charge on any atom is 0.290 e. The molecule has 4 heterocycles. The molecule has 182 valence electrons. The van der Waals surface area contributed by atoms with Crippen LogP contribution in [0, 0.1) is 0 Å². The first kappa shape index (κ1) is 24.1. The molecule has 2 fully saturated rings. The van der Waals surface area contributed by atoms with Crippen molar-refractivity contribution in [3.05, 3.63) is 34.6 Å². The Morgan fingerprint density at radius 3 is 2.65 bits per heavy atom. The number of anilines is 2. The first-order chi connectivity index (χ1) is 16.5. The lowest BCUT2D eigenvalue weighted by Gasteiger charge is -2.36. The van der Waals surface area contributed by atoms with Crippen LogP contribution in [0.5, 0.6) is 0 Å². The fourth-order valence-electron chi connectivity index (χ4n) is 4.41. The number of ether oxygens (including phenoxy) is 1. The van der Waals surface area contributed by atoms with Gasteiger partial charge in [-0.2, -0.15) is 4.98 Å². The Kier molecular flexibility index (Phi) is 7.76. The summed E-state index contributed by atoms with van der Waals surface area (Å²) >= 11 is 1.52. The number of nitrogens with zero attached hydrogens (tertiary/aromatic N) is 3. The highest BCUT2D eigenvalue weighted by Gasteiger charge is 2.27. The molecule has 3 atom stereocenters. The molecular weight excluding hydrogens is 456 g/mol. The van der Waals surface area contributed by atoms with Gasteiger partial charge in [-0.1, -0.05) is 12.1 Å². The summed E-state index contributed by atoms with van der Waals surface area (Å²) in [5, 5.41) is 14.6. The average molecular weight is 487 g/mol. The second kappa shape index (κ2) is 10.9. The highest BCUT2D eigenvalue weighted by Crippen LogP contribution is 2.33. The highest BCUT2D eigenvalue weighted by molar-refractivity contribution is 7.21. The Morgan fingerprint density at radius 1 is 1.24 bits per heavy atom. The number of thiazole rings is 1. The molecule has 0 amide bonds. The van der Waals surface area contributed by atoms with Crippen molar-refractivity contribution < 1.29 is 14.6 Å². The number of nitrogens with one attached hydrogen (secondary N) is 3. The van der Waals surface area contributed by atoms with Gasteiger partial charge in [0.25, 0.3) is 12.0 Å². The van der Waals surface area contributed by atoms with Crippen LogP contribution in [0.4, 0.5) is 11.8 Å². The van der Waals surface area contributed by atoms with E-state index < -0.39 is 0 Å². The van der Waals surface area contributed by atoms with Gasteiger partial charge in [-0.3, -0.25) is 14.6 Å². The minimum atomic E-state index is -0.250. The van der Waals surface area contributed by atoms with Gasteiger partial charge in [0.1, 0.15) is 16.4 Å². The van der Waals surface area contributed by atoms with Gasteiger partial charge in [-0.05, 0) is 45.4 Å². The van der Waals surface area contributed by atoms with Gasteiger partial charge >= 0.3 is 0 Å². The van der Waals surface area contributed by atoms with E-state index in [0.717, 1.165) is 36.1 Å². The molecule has 0 radical (unpaired) electrons. The lowest BCUT2D eigenvalue weighted by molar-refractivity contribution is -0.122. The van der Waals surface area contributed by atoms with Crippen LogP contribution < -0.4 is 21.1 Å². The molecule has 2 unspecified atom stereocenters. The number of hydrogen-bond acceptors (Lipinski definition) is 9. The lowest BCUT2D eigenvalue weighted by Crippen LogP contribution is -2.47. The monoisotopic (exact) mass is 486 g/mol. The Labute approximate surface area is 201 Å². The van der Waals surface area contributed by atoms with Crippen molar-refractivity contribution in [1.29, 1.82) is 0 Å². The predicted octanol–water partition coefficient (Wildman–Crippen LogP) is 2.52. The number of carbonyl (C=O) groups is 1. The molecule has 10 nitrogen and oxygen atoms in total. The van der Waals surface area contributed by atoms with Gasteiger partial charge in [0.2, 0.25) is 5.95 Å². The molecule has 1 aromatic carbocycles. The quantitative estimate of drug-likeness (QED) is 0.411. The van der Waals surface area contributed by atoms with E-state index in [1.807, 2.05) is 38.1 Å². The zero-order valence-electron chi connectivity index (χ0n) is 19.3. The molecule has 0 spiro atoms. The van der Waals surface area contributed by atoms with Crippen LogP contribution in [0.25, 0.3) is 20.8 Å². The number of hydrogen-bond donors (Lipinski definition) is 4. The molecule has 0 saturated carbocycles. The molecule has 0 bridgehead atoms. The molecule has 0 aliphatic carbocycles. The highest BCUT2D eigenvalue weighted by atomic mass is 32.1. The summed E-state index contributed by atoms with van der Waals surface area (Å²) in [4.78, 5) is 36.5. The molecule has 2 aromatic heterocycles. The molecule has 5 rings (SSSR count). The van der Waals surface area contributed by atoms with Crippen molar-refractivity contribution >= 4 is 39.8 Å². The van der Waals surface area contributed by atoms with Gasteiger partial charge in [-0.15, -0.1) is 11.3 Å². The van der Waals surface area contributed by atoms with E-state index in [2.05, 4.69) is 20.5 Å². The second-order valence-electron chi connectivity index (χ2n) is 8.56. The zero-order valence-corrected chi connectivity index (χ0v) is 20.1. The fourth-order valence-corrected chi connectivity index (χ4v) is 5.42. The van der Waals surface area contributed by atoms with Crippen LogP contribution in [-0.2, 0) is 9.53 Å². The molecular formula is C23H30N6O4S. The molecule has 2 saturated heterocycles. The number of aromatic amines is 1. The maximum absolute atomic E-state index is 13.3. The summed E-state index contributed by atoms with van der Waals surface area (Å²) in [5.41, 5.74) is 1.25. The van der Waals surface area contributed by atoms with Crippen LogP contribution in [0.2, 0.25) is 0 Å². The molecule has 34 heavy (non-hydrogen) atoms. The van der Waals surface area contributed by atoms with Crippen LogP contribution in [-0.4, -0.2) is 71.0 Å². The van der Waals surface area contributed by atoms with Crippen molar-refractivity contribution in [3.8, 4) is 10.6 Å². The number of aromatic nitrogens is 3. The summed E-state index contributed by atoms with van der Waals surface area (Å²) in [6.07, 6.45) is 2.30. The predicted molar refractivity (Wildman–Crippen MR) is 134 cm³/mol. The molecule has 2 aliphatic heterocycles. The average Bonchev–Trinajstić information content (AvgIpc) is 3.23. The second-order valence-corrected chi connectivity index (χ2v) is 9.59. The molecule has 11 heteroatoms. The topological polar surface area (TPSA) is 132 Å². The number of fused-ring (bicyclic) bond motifs is 1. The van der Waals surface area contributed by atoms with E-state index in [-0.39, 0.29) is 30.3 Å². The SMILES string of the molecule is CC1CN(c2nc(N[C@@H]3CCCNC3)c(-c3nc4ccccc4s3)c(=O)[nH]2)CC(C)O1.O=CO. The summed E-state index contributed by atoms with van der Waals surface area (Å²) in [6, 6.07) is 8.18. The van der Waals surface area contributed by atoms with E-state index in [0.29, 0.717) is 35.4 Å². The van der Waals surface area contributed by atoms with Gasteiger partial charge < -0.3 is 25.4 Å². The van der Waals surface area contributed by atoms with Crippen LogP contribution in [0.3, 0.4) is 0 Å². The van der Waals surface area contributed by atoms with Crippen molar-refractivity contribution in [2.45, 2.75) is 44.9 Å². The van der Waals surface area contributed by atoms with Crippen LogP contribution in [0.1, 0.15) is 26.7 Å². The number of morpholine rings is 1. The zero-order chi connectivity index (χ0) is 24.1. The van der Waals surface area contributed by atoms with Crippen LogP contribution in [0.15, 0.2) is 29.1 Å². The van der Waals surface area contributed by atoms with E-state index >= 15 is 0 Å². The molecule has 4 N–H and O–H groups in total. The summed E-state index contributed by atoms with van der Waals surface area (Å²) in [7, 11) is 0. The van der Waals surface area contributed by atoms with Crippen molar-refractivity contribution in [2.75, 3.05) is 36.4 Å². The third kappa shape index (κ3) is 5.54. The standard InChI is InChI=1S/C22H28N6O2S.CH2O2/c1-13-11-28(12-14(2)30-13)22-26-19(24-15-6-5-9-23-10-15)18(20(29)27-22)21-25-16-7-3-4-8-17(16)31-21;2-1-3/h3-4,7-8,13-15,23H,5-6,9-12H2,1-2H3,(H2,24,26,27,29);1H,(H,2,3)/t13?,14?,15-;/m1./s1.